The SMILES string of the molecule is Cc1ccc(C)c(SCC(=O)N2C[C@H](O)C[C@@H]2C(=O)O)c1. The van der Waals surface area contributed by atoms with Crippen molar-refractivity contribution in [1.29, 1.82) is 0 Å². The first-order valence-electron chi connectivity index (χ1n) is 6.79. The minimum Gasteiger partial charge on any atom is -0.480 e. The number of likely N-dealkylation sites (tertiary alicyclic amines) is 1. The first-order chi connectivity index (χ1) is 9.88. The summed E-state index contributed by atoms with van der Waals surface area (Å²) in [4.78, 5) is 25.6. The van der Waals surface area contributed by atoms with Crippen molar-refractivity contribution in [1.82, 2.24) is 4.90 Å². The molecule has 1 heterocycles. The Balaban J connectivity index is 2.01. The van der Waals surface area contributed by atoms with Crippen molar-refractivity contribution in [2.45, 2.75) is 37.3 Å². The molecule has 1 aliphatic heterocycles. The molecule has 2 atom stereocenters. The molecule has 1 aliphatic rings. The van der Waals surface area contributed by atoms with Crippen molar-refractivity contribution in [2.24, 2.45) is 0 Å². The number of aliphatic carboxylic acids is 1. The second kappa shape index (κ2) is 6.49. The third-order valence-electron chi connectivity index (χ3n) is 3.58. The van der Waals surface area contributed by atoms with E-state index in [1.54, 1.807) is 0 Å². The Hall–Kier alpha value is -1.53. The molecule has 0 aromatic heterocycles. The minimum atomic E-state index is -1.06. The number of thioether (sulfide) groups is 1. The molecule has 2 N–H and O–H groups in total. The number of nitrogens with zero attached hydrogens (tertiary/aromatic N) is 1. The van der Waals surface area contributed by atoms with E-state index in [9.17, 15) is 14.7 Å². The molecule has 0 saturated carbocycles. The van der Waals surface area contributed by atoms with Gasteiger partial charge in [0, 0.05) is 17.9 Å². The highest BCUT2D eigenvalue weighted by molar-refractivity contribution is 8.00. The second-order valence-electron chi connectivity index (χ2n) is 5.35. The van der Waals surface area contributed by atoms with Crippen LogP contribution in [0.25, 0.3) is 0 Å². The Morgan fingerprint density at radius 1 is 1.38 bits per heavy atom. The topological polar surface area (TPSA) is 77.8 Å². The molecule has 114 valence electrons. The smallest absolute Gasteiger partial charge is 0.326 e. The molecule has 5 nitrogen and oxygen atoms in total. The summed E-state index contributed by atoms with van der Waals surface area (Å²) in [6, 6.07) is 5.12. The monoisotopic (exact) mass is 309 g/mol. The first kappa shape index (κ1) is 15.9. The Kier molecular flexibility index (Phi) is 4.90. The number of carboxylic acids is 1. The lowest BCUT2D eigenvalue weighted by molar-refractivity contribution is -0.147. The van der Waals surface area contributed by atoms with E-state index in [0.29, 0.717) is 0 Å². The van der Waals surface area contributed by atoms with E-state index >= 15 is 0 Å². The van der Waals surface area contributed by atoms with Gasteiger partial charge in [-0.1, -0.05) is 17.7 Å². The van der Waals surface area contributed by atoms with Gasteiger partial charge < -0.3 is 15.1 Å². The standard InChI is InChI=1S/C15H19NO4S/c1-9-3-4-10(2)13(5-9)21-8-14(18)16-7-11(17)6-12(16)15(19)20/h3-5,11-12,17H,6-8H2,1-2H3,(H,19,20)/t11-,12-/m1/s1. The van der Waals surface area contributed by atoms with E-state index in [4.69, 9.17) is 5.11 Å². The molecule has 1 saturated heterocycles. The summed E-state index contributed by atoms with van der Waals surface area (Å²) in [5, 5.41) is 18.7. The Morgan fingerprint density at radius 3 is 2.76 bits per heavy atom. The van der Waals surface area contributed by atoms with Crippen LogP contribution in [0.1, 0.15) is 17.5 Å². The number of carbonyl (C=O) groups is 2. The molecule has 2 rings (SSSR count). The first-order valence-corrected chi connectivity index (χ1v) is 7.77. The Labute approximate surface area is 128 Å². The van der Waals surface area contributed by atoms with E-state index in [0.717, 1.165) is 16.0 Å². The largest absolute Gasteiger partial charge is 0.480 e. The van der Waals surface area contributed by atoms with Crippen LogP contribution in [-0.2, 0) is 9.59 Å². The lowest BCUT2D eigenvalue weighted by atomic mass is 10.2. The molecule has 1 aromatic carbocycles. The molecule has 0 radical (unpaired) electrons. The van der Waals surface area contributed by atoms with Crippen LogP contribution in [0.4, 0.5) is 0 Å². The summed E-state index contributed by atoms with van der Waals surface area (Å²) < 4.78 is 0. The maximum atomic E-state index is 12.2. The van der Waals surface area contributed by atoms with Crippen molar-refractivity contribution < 1.29 is 19.8 Å². The highest BCUT2D eigenvalue weighted by Crippen LogP contribution is 2.25. The zero-order valence-electron chi connectivity index (χ0n) is 12.1. The van der Waals surface area contributed by atoms with Gasteiger partial charge >= 0.3 is 5.97 Å². The van der Waals surface area contributed by atoms with Crippen molar-refractivity contribution >= 4 is 23.6 Å². The number of aliphatic hydroxyl groups is 1. The van der Waals surface area contributed by atoms with Crippen LogP contribution in [0.3, 0.4) is 0 Å². The number of benzene rings is 1. The molecule has 21 heavy (non-hydrogen) atoms. The Morgan fingerprint density at radius 2 is 2.10 bits per heavy atom. The van der Waals surface area contributed by atoms with Crippen LogP contribution in [0.2, 0.25) is 0 Å². The molecule has 6 heteroatoms. The predicted octanol–water partition coefficient (Wildman–Crippen LogP) is 1.44. The normalized spacial score (nSPS) is 21.6. The van der Waals surface area contributed by atoms with Crippen LogP contribution in [0.5, 0.6) is 0 Å². The lowest BCUT2D eigenvalue weighted by Crippen LogP contribution is -2.41. The highest BCUT2D eigenvalue weighted by atomic mass is 32.2. The number of hydrogen-bond acceptors (Lipinski definition) is 4. The zero-order valence-corrected chi connectivity index (χ0v) is 12.9. The quantitative estimate of drug-likeness (QED) is 0.823. The van der Waals surface area contributed by atoms with Crippen LogP contribution >= 0.6 is 11.8 Å². The number of carbonyl (C=O) groups excluding carboxylic acids is 1. The zero-order chi connectivity index (χ0) is 15.6. The molecule has 0 bridgehead atoms. The fraction of sp³-hybridized carbons (Fsp3) is 0.467. The molecular weight excluding hydrogens is 290 g/mol. The number of carboxylic acid groups (broad SMARTS) is 1. The van der Waals surface area contributed by atoms with Crippen molar-refractivity contribution in [2.75, 3.05) is 12.3 Å². The van der Waals surface area contributed by atoms with E-state index in [1.165, 1.54) is 16.7 Å². The number of aryl methyl sites for hydroxylation is 2. The van der Waals surface area contributed by atoms with Gasteiger partial charge in [0.05, 0.1) is 11.9 Å². The van der Waals surface area contributed by atoms with Gasteiger partial charge in [-0.15, -0.1) is 11.8 Å². The fourth-order valence-electron chi connectivity index (χ4n) is 2.41. The summed E-state index contributed by atoms with van der Waals surface area (Å²) in [6.07, 6.45) is -0.643. The van der Waals surface area contributed by atoms with Crippen LogP contribution < -0.4 is 0 Å². The predicted molar refractivity (Wildman–Crippen MR) is 80.4 cm³/mol. The van der Waals surface area contributed by atoms with E-state index in [1.807, 2.05) is 32.0 Å². The molecular formula is C15H19NO4S. The average molecular weight is 309 g/mol. The van der Waals surface area contributed by atoms with Gasteiger partial charge in [0.15, 0.2) is 0 Å². The maximum Gasteiger partial charge on any atom is 0.326 e. The van der Waals surface area contributed by atoms with Crippen LogP contribution in [0.15, 0.2) is 23.1 Å². The van der Waals surface area contributed by atoms with Gasteiger partial charge in [-0.05, 0) is 25.5 Å². The average Bonchev–Trinajstić information content (AvgIpc) is 2.82. The molecule has 1 aromatic rings. The van der Waals surface area contributed by atoms with E-state index in [-0.39, 0.29) is 24.6 Å². The van der Waals surface area contributed by atoms with E-state index < -0.39 is 18.1 Å². The summed E-state index contributed by atoms with van der Waals surface area (Å²) >= 11 is 1.41. The number of aliphatic hydroxyl groups excluding tert-OH is 1. The minimum absolute atomic E-state index is 0.100. The Bertz CT molecular complexity index is 561. The lowest BCUT2D eigenvalue weighted by Gasteiger charge is -2.21. The molecule has 0 unspecified atom stereocenters. The van der Waals surface area contributed by atoms with Crippen molar-refractivity contribution in [3.05, 3.63) is 29.3 Å². The van der Waals surface area contributed by atoms with Crippen molar-refractivity contribution in [3.8, 4) is 0 Å². The second-order valence-corrected chi connectivity index (χ2v) is 6.36. The van der Waals surface area contributed by atoms with Crippen LogP contribution in [-0.4, -0.2) is 51.4 Å². The molecule has 0 aliphatic carbocycles. The third kappa shape index (κ3) is 3.77. The van der Waals surface area contributed by atoms with Gasteiger partial charge in [-0.25, -0.2) is 4.79 Å². The fourth-order valence-corrected chi connectivity index (χ4v) is 3.42. The number of β-amino-alcohol motifs (C(OH)–C–C–N with tert-alkyl or cyclic N) is 1. The summed E-state index contributed by atoms with van der Waals surface area (Å²) in [5.41, 5.74) is 2.21. The summed E-state index contributed by atoms with van der Waals surface area (Å²) in [6.45, 7) is 4.07. The third-order valence-corrected chi connectivity index (χ3v) is 4.72. The summed E-state index contributed by atoms with van der Waals surface area (Å²) in [7, 11) is 0. The van der Waals surface area contributed by atoms with Crippen molar-refractivity contribution in [3.63, 3.8) is 0 Å². The van der Waals surface area contributed by atoms with Crippen LogP contribution in [0, 0.1) is 13.8 Å². The number of hydrogen-bond donors (Lipinski definition) is 2. The number of rotatable bonds is 4. The van der Waals surface area contributed by atoms with Gasteiger partial charge in [-0.3, -0.25) is 4.79 Å². The van der Waals surface area contributed by atoms with Gasteiger partial charge in [0.25, 0.3) is 0 Å². The summed E-state index contributed by atoms with van der Waals surface area (Å²) in [5.74, 6) is -1.12. The van der Waals surface area contributed by atoms with E-state index in [2.05, 4.69) is 0 Å². The maximum absolute atomic E-state index is 12.2. The van der Waals surface area contributed by atoms with Gasteiger partial charge in [0.1, 0.15) is 6.04 Å². The molecule has 1 fully saturated rings. The van der Waals surface area contributed by atoms with Gasteiger partial charge in [0.2, 0.25) is 5.91 Å². The molecule has 0 spiro atoms. The number of amides is 1. The molecule has 1 amide bonds. The van der Waals surface area contributed by atoms with Gasteiger partial charge in [-0.2, -0.15) is 0 Å². The highest BCUT2D eigenvalue weighted by Gasteiger charge is 2.38.